The molecule has 19 heavy (non-hydrogen) atoms. The Morgan fingerprint density at radius 1 is 1.21 bits per heavy atom. The largest absolute Gasteiger partial charge is 0.370 e. The van der Waals surface area contributed by atoms with E-state index >= 15 is 0 Å². The summed E-state index contributed by atoms with van der Waals surface area (Å²) in [6, 6.07) is 10.1. The van der Waals surface area contributed by atoms with Gasteiger partial charge in [-0.3, -0.25) is 0 Å². The molecule has 3 N–H and O–H groups in total. The maximum absolute atomic E-state index is 5.81. The molecule has 1 aromatic carbocycles. The van der Waals surface area contributed by atoms with Gasteiger partial charge in [0.2, 0.25) is 0 Å². The molecule has 0 amide bonds. The van der Waals surface area contributed by atoms with Crippen molar-refractivity contribution in [3.63, 3.8) is 0 Å². The second-order valence-corrected chi connectivity index (χ2v) is 4.14. The zero-order chi connectivity index (χ0) is 13.2. The third-order valence-electron chi connectivity index (χ3n) is 2.90. The average molecular weight is 376 g/mol. The molecule has 0 aliphatic rings. The van der Waals surface area contributed by atoms with E-state index in [1.54, 1.807) is 0 Å². The van der Waals surface area contributed by atoms with E-state index in [-0.39, 0.29) is 24.0 Å². The first-order valence-electron chi connectivity index (χ1n) is 6.56. The zero-order valence-electron chi connectivity index (χ0n) is 11.8. The fourth-order valence-corrected chi connectivity index (χ4v) is 1.70. The van der Waals surface area contributed by atoms with Crippen molar-refractivity contribution < 1.29 is 0 Å². The van der Waals surface area contributed by atoms with Gasteiger partial charge in [-0.15, -0.1) is 24.0 Å². The molecule has 0 aromatic heterocycles. The minimum absolute atomic E-state index is 0. The second-order valence-electron chi connectivity index (χ2n) is 4.14. The molecule has 0 heterocycles. The van der Waals surface area contributed by atoms with Gasteiger partial charge in [-0.1, -0.05) is 44.2 Å². The Morgan fingerprint density at radius 3 is 2.42 bits per heavy atom. The number of guanidine groups is 1. The van der Waals surface area contributed by atoms with Crippen LogP contribution in [-0.4, -0.2) is 37.0 Å². The summed E-state index contributed by atoms with van der Waals surface area (Å²) in [7, 11) is 0. The summed E-state index contributed by atoms with van der Waals surface area (Å²) in [5.41, 5.74) is 6.98. The molecular formula is C14H25IN4. The average Bonchev–Trinajstić information content (AvgIpc) is 2.42. The summed E-state index contributed by atoms with van der Waals surface area (Å²) in [5.74, 6) is 0.519. The third kappa shape index (κ3) is 8.05. The molecule has 0 saturated carbocycles. The Bertz CT molecular complexity index is 350. The van der Waals surface area contributed by atoms with Gasteiger partial charge in [0, 0.05) is 13.1 Å². The van der Waals surface area contributed by atoms with E-state index in [9.17, 15) is 0 Å². The zero-order valence-corrected chi connectivity index (χ0v) is 14.1. The third-order valence-corrected chi connectivity index (χ3v) is 2.90. The number of aliphatic imine (C=N–C) groups is 1. The summed E-state index contributed by atoms with van der Waals surface area (Å²) in [6.45, 7) is 8.93. The van der Waals surface area contributed by atoms with Crippen molar-refractivity contribution in [3.8, 4) is 0 Å². The molecule has 5 heteroatoms. The highest BCUT2D eigenvalue weighted by Crippen LogP contribution is 1.99. The first kappa shape index (κ1) is 18.2. The molecule has 0 saturated heterocycles. The maximum Gasteiger partial charge on any atom is 0.188 e. The number of halogens is 1. The highest BCUT2D eigenvalue weighted by Gasteiger charge is 1.98. The van der Waals surface area contributed by atoms with Crippen molar-refractivity contribution in [1.29, 1.82) is 0 Å². The second kappa shape index (κ2) is 11.0. The Hall–Kier alpha value is -0.820. The molecule has 0 unspecified atom stereocenters. The van der Waals surface area contributed by atoms with E-state index in [0.29, 0.717) is 12.5 Å². The molecule has 1 rings (SSSR count). The van der Waals surface area contributed by atoms with Crippen LogP contribution in [0.25, 0.3) is 0 Å². The summed E-state index contributed by atoms with van der Waals surface area (Å²) < 4.78 is 0. The number of nitrogens with zero attached hydrogens (tertiary/aromatic N) is 2. The number of hydrogen-bond donors (Lipinski definition) is 2. The van der Waals surface area contributed by atoms with E-state index in [0.717, 1.165) is 26.2 Å². The highest BCUT2D eigenvalue weighted by molar-refractivity contribution is 14.0. The summed E-state index contributed by atoms with van der Waals surface area (Å²) in [4.78, 5) is 6.65. The quantitative estimate of drug-likeness (QED) is 0.435. The highest BCUT2D eigenvalue weighted by atomic mass is 127. The monoisotopic (exact) mass is 376 g/mol. The fraction of sp³-hybridized carbons (Fsp3) is 0.500. The van der Waals surface area contributed by atoms with Gasteiger partial charge in [0.25, 0.3) is 0 Å². The van der Waals surface area contributed by atoms with Crippen LogP contribution in [0.3, 0.4) is 0 Å². The topological polar surface area (TPSA) is 53.6 Å². The van der Waals surface area contributed by atoms with Crippen molar-refractivity contribution >= 4 is 29.9 Å². The maximum atomic E-state index is 5.81. The standard InChI is InChI=1S/C14H24N4.HI/c1-3-18(4-2)11-10-16-14(15)17-12-13-8-6-5-7-9-13;/h5-9H,3-4,10-12H2,1-2H3,(H3,15,16,17);1H. The van der Waals surface area contributed by atoms with Crippen LogP contribution in [-0.2, 0) is 6.54 Å². The van der Waals surface area contributed by atoms with Gasteiger partial charge in [-0.05, 0) is 18.7 Å². The minimum atomic E-state index is 0. The molecule has 0 aliphatic carbocycles. The fourth-order valence-electron chi connectivity index (χ4n) is 1.70. The Kier molecular flexibility index (Phi) is 10.6. The first-order valence-corrected chi connectivity index (χ1v) is 6.56. The molecule has 108 valence electrons. The van der Waals surface area contributed by atoms with E-state index in [1.807, 2.05) is 30.3 Å². The predicted octanol–water partition coefficient (Wildman–Crippen LogP) is 2.05. The van der Waals surface area contributed by atoms with Crippen LogP contribution in [0.1, 0.15) is 19.4 Å². The minimum Gasteiger partial charge on any atom is -0.370 e. The number of nitrogens with one attached hydrogen (secondary N) is 1. The van der Waals surface area contributed by atoms with Gasteiger partial charge in [0.05, 0.1) is 6.54 Å². The van der Waals surface area contributed by atoms with Crippen LogP contribution >= 0.6 is 24.0 Å². The van der Waals surface area contributed by atoms with Crippen LogP contribution in [0.15, 0.2) is 35.3 Å². The molecule has 4 nitrogen and oxygen atoms in total. The van der Waals surface area contributed by atoms with Crippen LogP contribution in [0.2, 0.25) is 0 Å². The van der Waals surface area contributed by atoms with Gasteiger partial charge in [-0.25, -0.2) is 4.99 Å². The number of hydrogen-bond acceptors (Lipinski definition) is 2. The lowest BCUT2D eigenvalue weighted by Gasteiger charge is -2.18. The first-order chi connectivity index (χ1) is 8.76. The van der Waals surface area contributed by atoms with Crippen molar-refractivity contribution in [3.05, 3.63) is 35.9 Å². The van der Waals surface area contributed by atoms with Gasteiger partial charge in [-0.2, -0.15) is 0 Å². The van der Waals surface area contributed by atoms with Crippen molar-refractivity contribution in [2.75, 3.05) is 26.2 Å². The van der Waals surface area contributed by atoms with E-state index in [1.165, 1.54) is 5.56 Å². The van der Waals surface area contributed by atoms with Gasteiger partial charge < -0.3 is 16.0 Å². The van der Waals surface area contributed by atoms with Crippen LogP contribution in [0, 0.1) is 0 Å². The predicted molar refractivity (Wildman–Crippen MR) is 93.0 cm³/mol. The number of rotatable bonds is 7. The molecule has 0 atom stereocenters. The molecule has 0 bridgehead atoms. The SMILES string of the molecule is CCN(CC)CCNC(N)=NCc1ccccc1.I. The Morgan fingerprint density at radius 2 is 1.84 bits per heavy atom. The van der Waals surface area contributed by atoms with Crippen LogP contribution < -0.4 is 11.1 Å². The Labute approximate surface area is 133 Å². The molecule has 1 aromatic rings. The lowest BCUT2D eigenvalue weighted by molar-refractivity contribution is 0.308. The smallest absolute Gasteiger partial charge is 0.188 e. The lowest BCUT2D eigenvalue weighted by Crippen LogP contribution is -2.38. The van der Waals surface area contributed by atoms with E-state index < -0.39 is 0 Å². The number of benzene rings is 1. The van der Waals surface area contributed by atoms with E-state index in [4.69, 9.17) is 5.73 Å². The van der Waals surface area contributed by atoms with Crippen LogP contribution in [0.4, 0.5) is 0 Å². The molecule has 0 aliphatic heterocycles. The summed E-state index contributed by atoms with van der Waals surface area (Å²) >= 11 is 0. The van der Waals surface area contributed by atoms with E-state index in [2.05, 4.69) is 29.1 Å². The number of nitrogens with two attached hydrogens (primary N) is 1. The van der Waals surface area contributed by atoms with Gasteiger partial charge >= 0.3 is 0 Å². The van der Waals surface area contributed by atoms with Crippen molar-refractivity contribution in [2.24, 2.45) is 10.7 Å². The summed E-state index contributed by atoms with van der Waals surface area (Å²) in [6.07, 6.45) is 0. The van der Waals surface area contributed by atoms with Crippen LogP contribution in [0.5, 0.6) is 0 Å². The summed E-state index contributed by atoms with van der Waals surface area (Å²) in [5, 5.41) is 3.14. The molecule has 0 spiro atoms. The molecule has 0 radical (unpaired) electrons. The van der Waals surface area contributed by atoms with Crippen molar-refractivity contribution in [2.45, 2.75) is 20.4 Å². The molecule has 0 fully saturated rings. The Balaban J connectivity index is 0.00000324. The normalized spacial score (nSPS) is 11.2. The van der Waals surface area contributed by atoms with Gasteiger partial charge in [0.15, 0.2) is 5.96 Å². The van der Waals surface area contributed by atoms with Crippen molar-refractivity contribution in [1.82, 2.24) is 10.2 Å². The number of likely N-dealkylation sites (N-methyl/N-ethyl adjacent to an activating group) is 1. The lowest BCUT2D eigenvalue weighted by atomic mass is 10.2. The molecular weight excluding hydrogens is 351 g/mol. The van der Waals surface area contributed by atoms with Gasteiger partial charge in [0.1, 0.15) is 0 Å².